The van der Waals surface area contributed by atoms with Gasteiger partial charge in [-0.2, -0.15) is 0 Å². The van der Waals surface area contributed by atoms with Crippen molar-refractivity contribution in [1.82, 2.24) is 9.88 Å². The number of likely N-dealkylation sites (tertiary alicyclic amines) is 1. The topological polar surface area (TPSA) is 54.9 Å². The van der Waals surface area contributed by atoms with Gasteiger partial charge in [-0.25, -0.2) is 0 Å². The van der Waals surface area contributed by atoms with Gasteiger partial charge in [0.15, 0.2) is 0 Å². The van der Waals surface area contributed by atoms with E-state index in [1.165, 1.54) is 0 Å². The first-order chi connectivity index (χ1) is 11.6. The molecule has 0 radical (unpaired) electrons. The van der Waals surface area contributed by atoms with E-state index in [-0.39, 0.29) is 18.1 Å². The molecule has 0 saturated carbocycles. The number of anilines is 1. The highest BCUT2D eigenvalue weighted by molar-refractivity contribution is 5.99. The van der Waals surface area contributed by atoms with Crippen LogP contribution in [0.1, 0.15) is 36.0 Å². The van der Waals surface area contributed by atoms with Crippen LogP contribution in [0, 0.1) is 0 Å². The van der Waals surface area contributed by atoms with Gasteiger partial charge in [0.25, 0.3) is 5.91 Å². The molecule has 24 heavy (non-hydrogen) atoms. The number of rotatable bonds is 5. The van der Waals surface area contributed by atoms with Gasteiger partial charge in [0.2, 0.25) is 0 Å². The van der Waals surface area contributed by atoms with Gasteiger partial charge in [-0.15, -0.1) is 0 Å². The maximum absolute atomic E-state index is 12.8. The first-order valence-corrected chi connectivity index (χ1v) is 8.79. The predicted octanol–water partition coefficient (Wildman–Crippen LogP) is 1.95. The lowest BCUT2D eigenvalue weighted by Crippen LogP contribution is -2.41. The highest BCUT2D eigenvalue weighted by Crippen LogP contribution is 2.22. The molecule has 2 fully saturated rings. The summed E-state index contributed by atoms with van der Waals surface area (Å²) in [7, 11) is 3.88. The van der Waals surface area contributed by atoms with Crippen molar-refractivity contribution in [3.8, 4) is 0 Å². The van der Waals surface area contributed by atoms with Crippen molar-refractivity contribution < 1.29 is 14.3 Å². The van der Waals surface area contributed by atoms with Gasteiger partial charge in [0.1, 0.15) is 0 Å². The molecule has 3 heterocycles. The molecule has 2 aliphatic heterocycles. The fraction of sp³-hybridized carbons (Fsp3) is 0.667. The number of carbonyl (C=O) groups excluding carboxylic acids is 1. The molecule has 1 aromatic heterocycles. The highest BCUT2D eigenvalue weighted by atomic mass is 16.5. The average molecular weight is 333 g/mol. The van der Waals surface area contributed by atoms with E-state index in [0.29, 0.717) is 12.2 Å². The molecule has 2 aliphatic rings. The molecule has 1 amide bonds. The second kappa shape index (κ2) is 7.94. The van der Waals surface area contributed by atoms with Crippen molar-refractivity contribution in [1.29, 1.82) is 0 Å². The van der Waals surface area contributed by atoms with Crippen LogP contribution in [0.25, 0.3) is 0 Å². The molecule has 6 nitrogen and oxygen atoms in total. The molecule has 132 valence electrons. The summed E-state index contributed by atoms with van der Waals surface area (Å²) >= 11 is 0. The van der Waals surface area contributed by atoms with Crippen LogP contribution in [-0.2, 0) is 9.47 Å². The summed E-state index contributed by atoms with van der Waals surface area (Å²) in [6, 6.07) is 1.88. The molecule has 0 N–H and O–H groups in total. The Bertz CT molecular complexity index is 550. The van der Waals surface area contributed by atoms with Gasteiger partial charge >= 0.3 is 0 Å². The van der Waals surface area contributed by atoms with E-state index in [0.717, 1.165) is 51.1 Å². The van der Waals surface area contributed by atoms with Crippen molar-refractivity contribution >= 4 is 11.6 Å². The zero-order valence-corrected chi connectivity index (χ0v) is 14.6. The third kappa shape index (κ3) is 4.05. The maximum atomic E-state index is 12.8. The van der Waals surface area contributed by atoms with Crippen LogP contribution in [0.2, 0.25) is 0 Å². The summed E-state index contributed by atoms with van der Waals surface area (Å²) in [5.74, 6) is 0.0596. The largest absolute Gasteiger partial charge is 0.377 e. The minimum Gasteiger partial charge on any atom is -0.377 e. The number of piperidine rings is 1. The van der Waals surface area contributed by atoms with Gasteiger partial charge in [-0.3, -0.25) is 9.78 Å². The zero-order valence-electron chi connectivity index (χ0n) is 14.6. The fourth-order valence-corrected chi connectivity index (χ4v) is 3.36. The molecular formula is C18H27N3O3. The van der Waals surface area contributed by atoms with Crippen LogP contribution < -0.4 is 4.90 Å². The second-order valence-corrected chi connectivity index (χ2v) is 6.75. The van der Waals surface area contributed by atoms with Crippen LogP contribution in [0.15, 0.2) is 18.5 Å². The van der Waals surface area contributed by atoms with Crippen molar-refractivity contribution in [2.24, 2.45) is 0 Å². The van der Waals surface area contributed by atoms with E-state index in [4.69, 9.17) is 9.47 Å². The standard InChI is InChI=1S/C18H27N3O3/c1-20(2)17-5-8-19-12-16(17)18(22)21-9-6-14(7-10-21)24-13-15-4-3-11-23-15/h5,8,12,14-15H,3-4,6-7,9-11,13H2,1-2H3. The third-order valence-corrected chi connectivity index (χ3v) is 4.78. The van der Waals surface area contributed by atoms with Crippen LogP contribution >= 0.6 is 0 Å². The monoisotopic (exact) mass is 333 g/mol. The Morgan fingerprint density at radius 3 is 2.83 bits per heavy atom. The van der Waals surface area contributed by atoms with E-state index >= 15 is 0 Å². The highest BCUT2D eigenvalue weighted by Gasteiger charge is 2.27. The molecule has 0 aromatic carbocycles. The Hall–Kier alpha value is -1.66. The van der Waals surface area contributed by atoms with E-state index in [2.05, 4.69) is 4.98 Å². The summed E-state index contributed by atoms with van der Waals surface area (Å²) in [5.41, 5.74) is 1.58. The number of amides is 1. The zero-order chi connectivity index (χ0) is 16.9. The summed E-state index contributed by atoms with van der Waals surface area (Å²) in [5, 5.41) is 0. The molecular weight excluding hydrogens is 306 g/mol. The Balaban J connectivity index is 1.51. The Morgan fingerprint density at radius 1 is 1.38 bits per heavy atom. The lowest BCUT2D eigenvalue weighted by molar-refractivity contribution is -0.0395. The number of pyridine rings is 1. The molecule has 1 unspecified atom stereocenters. The Morgan fingerprint density at radius 2 is 2.17 bits per heavy atom. The first kappa shape index (κ1) is 17.2. The van der Waals surface area contributed by atoms with Crippen molar-refractivity contribution in [2.75, 3.05) is 45.3 Å². The van der Waals surface area contributed by atoms with E-state index in [9.17, 15) is 4.79 Å². The Kier molecular flexibility index (Phi) is 5.68. The SMILES string of the molecule is CN(C)c1ccncc1C(=O)N1CCC(OCC2CCCO2)CC1. The molecule has 0 bridgehead atoms. The number of carbonyl (C=O) groups is 1. The van der Waals surface area contributed by atoms with Gasteiger partial charge in [0, 0.05) is 46.2 Å². The quantitative estimate of drug-likeness (QED) is 0.824. The van der Waals surface area contributed by atoms with Gasteiger partial charge < -0.3 is 19.3 Å². The number of hydrogen-bond acceptors (Lipinski definition) is 5. The molecule has 6 heteroatoms. The number of ether oxygens (including phenoxy) is 2. The predicted molar refractivity (Wildman–Crippen MR) is 92.4 cm³/mol. The van der Waals surface area contributed by atoms with Gasteiger partial charge in [0.05, 0.1) is 30.1 Å². The van der Waals surface area contributed by atoms with Crippen LogP contribution in [0.3, 0.4) is 0 Å². The first-order valence-electron chi connectivity index (χ1n) is 8.79. The minimum atomic E-state index is 0.0596. The van der Waals surface area contributed by atoms with Crippen LogP contribution in [-0.4, -0.2) is 68.4 Å². The smallest absolute Gasteiger partial charge is 0.257 e. The molecule has 1 atom stereocenters. The maximum Gasteiger partial charge on any atom is 0.257 e. The number of nitrogens with zero attached hydrogens (tertiary/aromatic N) is 3. The third-order valence-electron chi connectivity index (χ3n) is 4.78. The lowest BCUT2D eigenvalue weighted by atomic mass is 10.1. The summed E-state index contributed by atoms with van der Waals surface area (Å²) in [4.78, 5) is 20.8. The van der Waals surface area contributed by atoms with Crippen molar-refractivity contribution in [2.45, 2.75) is 37.9 Å². The number of aromatic nitrogens is 1. The van der Waals surface area contributed by atoms with Gasteiger partial charge in [-0.1, -0.05) is 0 Å². The lowest BCUT2D eigenvalue weighted by Gasteiger charge is -2.33. The van der Waals surface area contributed by atoms with Crippen molar-refractivity contribution in [3.63, 3.8) is 0 Å². The molecule has 3 rings (SSSR count). The summed E-state index contributed by atoms with van der Waals surface area (Å²) in [6.07, 6.45) is 7.90. The molecule has 1 aromatic rings. The van der Waals surface area contributed by atoms with Crippen LogP contribution in [0.4, 0.5) is 5.69 Å². The van der Waals surface area contributed by atoms with E-state index in [1.807, 2.05) is 30.0 Å². The van der Waals surface area contributed by atoms with Crippen LogP contribution in [0.5, 0.6) is 0 Å². The van der Waals surface area contributed by atoms with Gasteiger partial charge in [-0.05, 0) is 31.7 Å². The molecule has 0 spiro atoms. The van der Waals surface area contributed by atoms with E-state index in [1.54, 1.807) is 12.4 Å². The summed E-state index contributed by atoms with van der Waals surface area (Å²) < 4.78 is 11.6. The second-order valence-electron chi connectivity index (χ2n) is 6.75. The summed E-state index contributed by atoms with van der Waals surface area (Å²) in [6.45, 7) is 3.01. The Labute approximate surface area is 143 Å². The fourth-order valence-electron chi connectivity index (χ4n) is 3.36. The normalized spacial score (nSPS) is 21.9. The molecule has 0 aliphatic carbocycles. The van der Waals surface area contributed by atoms with Crippen molar-refractivity contribution in [3.05, 3.63) is 24.0 Å². The molecule has 2 saturated heterocycles. The minimum absolute atomic E-state index is 0.0596. The number of hydrogen-bond donors (Lipinski definition) is 0. The van der Waals surface area contributed by atoms with E-state index < -0.39 is 0 Å². The average Bonchev–Trinajstić information content (AvgIpc) is 3.13.